The molecule has 3 atom stereocenters. The van der Waals surface area contributed by atoms with Crippen LogP contribution in [0.4, 0.5) is 0 Å². The van der Waals surface area contributed by atoms with Gasteiger partial charge < -0.3 is 10.0 Å². The second-order valence-corrected chi connectivity index (χ2v) is 5.19. The molecule has 1 amide bonds. The number of rotatable bonds is 3. The SMILES string of the molecule is CCS[C@@H]1CC2CC(=O)N2[C@H]1C(=O)O. The Kier molecular flexibility index (Phi) is 2.43. The van der Waals surface area contributed by atoms with Gasteiger partial charge in [0.15, 0.2) is 0 Å². The third-order valence-corrected chi connectivity index (χ3v) is 4.09. The number of nitrogens with zero attached hydrogens (tertiary/aromatic N) is 1. The summed E-state index contributed by atoms with van der Waals surface area (Å²) in [6.45, 7) is 2.01. The fourth-order valence-electron chi connectivity index (χ4n) is 2.30. The largest absolute Gasteiger partial charge is 0.480 e. The van der Waals surface area contributed by atoms with Gasteiger partial charge >= 0.3 is 5.97 Å². The summed E-state index contributed by atoms with van der Waals surface area (Å²) in [5.41, 5.74) is 0. The van der Waals surface area contributed by atoms with Gasteiger partial charge in [-0.15, -0.1) is 0 Å². The molecule has 0 spiro atoms. The van der Waals surface area contributed by atoms with E-state index >= 15 is 0 Å². The summed E-state index contributed by atoms with van der Waals surface area (Å²) in [7, 11) is 0. The number of hydrogen-bond acceptors (Lipinski definition) is 3. The Labute approximate surface area is 86.6 Å². The highest BCUT2D eigenvalue weighted by Crippen LogP contribution is 2.40. The summed E-state index contributed by atoms with van der Waals surface area (Å²) >= 11 is 1.65. The highest BCUT2D eigenvalue weighted by atomic mass is 32.2. The molecule has 4 nitrogen and oxygen atoms in total. The highest BCUT2D eigenvalue weighted by molar-refractivity contribution is 7.99. The standard InChI is InChI=1S/C9H13NO3S/c1-2-14-6-3-5-4-7(11)10(5)8(6)9(12)13/h5-6,8H,2-4H2,1H3,(H,12,13)/t5?,6-,8-/m1/s1. The molecule has 2 rings (SSSR count). The fraction of sp³-hybridized carbons (Fsp3) is 0.778. The first kappa shape index (κ1) is 9.83. The fourth-order valence-corrected chi connectivity index (χ4v) is 3.52. The molecule has 2 heterocycles. The predicted octanol–water partition coefficient (Wildman–Crippen LogP) is 0.566. The molecule has 0 saturated carbocycles. The minimum Gasteiger partial charge on any atom is -0.480 e. The maximum absolute atomic E-state index is 11.2. The summed E-state index contributed by atoms with van der Waals surface area (Å²) < 4.78 is 0. The van der Waals surface area contributed by atoms with E-state index in [-0.39, 0.29) is 17.2 Å². The first-order valence-electron chi connectivity index (χ1n) is 4.80. The monoisotopic (exact) mass is 215 g/mol. The Bertz CT molecular complexity index is 281. The van der Waals surface area contributed by atoms with E-state index in [1.165, 1.54) is 0 Å². The van der Waals surface area contributed by atoms with Crippen LogP contribution in [0, 0.1) is 0 Å². The molecular weight excluding hydrogens is 202 g/mol. The zero-order valence-corrected chi connectivity index (χ0v) is 8.79. The van der Waals surface area contributed by atoms with Gasteiger partial charge in [0.05, 0.1) is 0 Å². The lowest BCUT2D eigenvalue weighted by atomic mass is 10.0. The molecule has 5 heteroatoms. The summed E-state index contributed by atoms with van der Waals surface area (Å²) in [5.74, 6) is 0.0523. The lowest BCUT2D eigenvalue weighted by Crippen LogP contribution is -2.55. The quantitative estimate of drug-likeness (QED) is 0.699. The molecule has 0 radical (unpaired) electrons. The van der Waals surface area contributed by atoms with Crippen LogP contribution in [-0.2, 0) is 9.59 Å². The summed E-state index contributed by atoms with van der Waals surface area (Å²) in [6.07, 6.45) is 1.39. The predicted molar refractivity (Wildman–Crippen MR) is 53.2 cm³/mol. The van der Waals surface area contributed by atoms with E-state index in [2.05, 4.69) is 0 Å². The van der Waals surface area contributed by atoms with E-state index in [1.54, 1.807) is 16.7 Å². The van der Waals surface area contributed by atoms with E-state index in [0.29, 0.717) is 6.42 Å². The number of amides is 1. The van der Waals surface area contributed by atoms with Crippen LogP contribution in [0.2, 0.25) is 0 Å². The molecule has 0 aromatic carbocycles. The number of carbonyl (C=O) groups excluding carboxylic acids is 1. The smallest absolute Gasteiger partial charge is 0.327 e. The number of thioether (sulfide) groups is 1. The average molecular weight is 215 g/mol. The Balaban J connectivity index is 2.13. The molecule has 2 aliphatic rings. The summed E-state index contributed by atoms with van der Waals surface area (Å²) in [6, 6.07) is -0.376. The number of carboxylic acid groups (broad SMARTS) is 1. The molecule has 0 bridgehead atoms. The van der Waals surface area contributed by atoms with Gasteiger partial charge in [0.25, 0.3) is 0 Å². The first-order valence-corrected chi connectivity index (χ1v) is 5.85. The molecule has 2 saturated heterocycles. The Morgan fingerprint density at radius 3 is 2.93 bits per heavy atom. The van der Waals surface area contributed by atoms with Gasteiger partial charge in [0, 0.05) is 17.7 Å². The zero-order valence-electron chi connectivity index (χ0n) is 7.97. The Hall–Kier alpha value is -0.710. The van der Waals surface area contributed by atoms with Crippen molar-refractivity contribution < 1.29 is 14.7 Å². The van der Waals surface area contributed by atoms with Crippen LogP contribution in [0.15, 0.2) is 0 Å². The maximum Gasteiger partial charge on any atom is 0.327 e. The second kappa shape index (κ2) is 3.46. The summed E-state index contributed by atoms with van der Waals surface area (Å²) in [5, 5.41) is 9.13. The normalized spacial score (nSPS) is 35.4. The topological polar surface area (TPSA) is 57.6 Å². The lowest BCUT2D eigenvalue weighted by Gasteiger charge is -2.37. The molecule has 78 valence electrons. The van der Waals surface area contributed by atoms with Crippen molar-refractivity contribution >= 4 is 23.6 Å². The van der Waals surface area contributed by atoms with Crippen molar-refractivity contribution in [2.45, 2.75) is 37.1 Å². The van der Waals surface area contributed by atoms with Gasteiger partial charge in [-0.25, -0.2) is 4.79 Å². The third-order valence-electron chi connectivity index (χ3n) is 2.88. The molecule has 2 fully saturated rings. The van der Waals surface area contributed by atoms with Crippen LogP contribution < -0.4 is 0 Å². The Morgan fingerprint density at radius 1 is 1.71 bits per heavy atom. The van der Waals surface area contributed by atoms with Crippen LogP contribution in [0.5, 0.6) is 0 Å². The van der Waals surface area contributed by atoms with E-state index in [1.807, 2.05) is 6.92 Å². The van der Waals surface area contributed by atoms with Gasteiger partial charge in [-0.3, -0.25) is 4.79 Å². The van der Waals surface area contributed by atoms with Gasteiger partial charge in [0.1, 0.15) is 6.04 Å². The second-order valence-electron chi connectivity index (χ2n) is 3.67. The minimum atomic E-state index is -0.855. The first-order chi connectivity index (χ1) is 6.65. The molecule has 14 heavy (non-hydrogen) atoms. The number of carbonyl (C=O) groups is 2. The molecule has 1 N–H and O–H groups in total. The molecule has 0 aromatic rings. The maximum atomic E-state index is 11.2. The van der Waals surface area contributed by atoms with Gasteiger partial charge in [-0.05, 0) is 12.2 Å². The van der Waals surface area contributed by atoms with Crippen LogP contribution in [0.25, 0.3) is 0 Å². The summed E-state index contributed by atoms with van der Waals surface area (Å²) in [4.78, 5) is 23.8. The van der Waals surface area contributed by atoms with Crippen LogP contribution in [-0.4, -0.2) is 45.0 Å². The van der Waals surface area contributed by atoms with Crippen LogP contribution >= 0.6 is 11.8 Å². The molecular formula is C9H13NO3S. The van der Waals surface area contributed by atoms with Crippen molar-refractivity contribution in [3.05, 3.63) is 0 Å². The molecule has 1 unspecified atom stereocenters. The zero-order chi connectivity index (χ0) is 10.3. The Morgan fingerprint density at radius 2 is 2.43 bits per heavy atom. The van der Waals surface area contributed by atoms with Gasteiger partial charge in [-0.2, -0.15) is 11.8 Å². The molecule has 0 aliphatic carbocycles. The number of aliphatic carboxylic acids is 1. The average Bonchev–Trinajstić information content (AvgIpc) is 2.39. The van der Waals surface area contributed by atoms with Gasteiger partial charge in [-0.1, -0.05) is 6.92 Å². The lowest BCUT2D eigenvalue weighted by molar-refractivity contribution is -0.156. The third kappa shape index (κ3) is 1.30. The van der Waals surface area contributed by atoms with E-state index < -0.39 is 12.0 Å². The highest BCUT2D eigenvalue weighted by Gasteiger charge is 2.53. The van der Waals surface area contributed by atoms with Crippen LogP contribution in [0.3, 0.4) is 0 Å². The number of β-lactam (4-membered cyclic amide) rings is 1. The van der Waals surface area contributed by atoms with E-state index in [9.17, 15) is 9.59 Å². The van der Waals surface area contributed by atoms with E-state index in [4.69, 9.17) is 5.11 Å². The van der Waals surface area contributed by atoms with Crippen molar-refractivity contribution in [1.29, 1.82) is 0 Å². The number of carboxylic acids is 1. The number of fused-ring (bicyclic) bond motifs is 1. The number of hydrogen-bond donors (Lipinski definition) is 1. The van der Waals surface area contributed by atoms with Crippen LogP contribution in [0.1, 0.15) is 19.8 Å². The minimum absolute atomic E-state index is 0.00148. The van der Waals surface area contributed by atoms with Gasteiger partial charge in [0.2, 0.25) is 5.91 Å². The van der Waals surface area contributed by atoms with Crippen molar-refractivity contribution in [3.8, 4) is 0 Å². The van der Waals surface area contributed by atoms with E-state index in [0.717, 1.165) is 12.2 Å². The van der Waals surface area contributed by atoms with Crippen molar-refractivity contribution in [2.24, 2.45) is 0 Å². The van der Waals surface area contributed by atoms with Crippen molar-refractivity contribution in [2.75, 3.05) is 5.75 Å². The van der Waals surface area contributed by atoms with Crippen molar-refractivity contribution in [1.82, 2.24) is 4.90 Å². The van der Waals surface area contributed by atoms with Crippen molar-refractivity contribution in [3.63, 3.8) is 0 Å². The molecule has 0 aromatic heterocycles. The molecule has 2 aliphatic heterocycles.